The molecule has 1 aromatic carbocycles. The van der Waals surface area contributed by atoms with Crippen molar-refractivity contribution in [2.75, 3.05) is 0 Å². The molecule has 0 unspecified atom stereocenters. The van der Waals surface area contributed by atoms with Crippen molar-refractivity contribution in [2.24, 2.45) is 0 Å². The molecule has 2 heteroatoms. The largest absolute Gasteiger partial charge is 0.423 e. The summed E-state index contributed by atoms with van der Waals surface area (Å²) in [7, 11) is 0. The number of aryl methyl sites for hydroxylation is 3. The van der Waals surface area contributed by atoms with E-state index in [0.717, 1.165) is 42.4 Å². The number of carbonyl (C=O) groups excluding carboxylic acids is 1. The lowest BCUT2D eigenvalue weighted by atomic mass is 10.1. The molecular weight excluding hydrogens is 404 g/mol. The first-order valence-electron chi connectivity index (χ1n) is 12.6. The Balaban J connectivity index is 2.31. The molecule has 33 heavy (non-hydrogen) atoms. The zero-order valence-corrected chi connectivity index (χ0v) is 21.5. The summed E-state index contributed by atoms with van der Waals surface area (Å²) in [6, 6.07) is 4.09. The van der Waals surface area contributed by atoms with Gasteiger partial charge in [-0.05, 0) is 89.7 Å². The highest BCUT2D eigenvalue weighted by Crippen LogP contribution is 2.25. The Bertz CT molecular complexity index is 827. The van der Waals surface area contributed by atoms with Gasteiger partial charge in [0, 0.05) is 5.57 Å². The zero-order valence-electron chi connectivity index (χ0n) is 21.5. The van der Waals surface area contributed by atoms with Gasteiger partial charge >= 0.3 is 5.97 Å². The summed E-state index contributed by atoms with van der Waals surface area (Å²) in [4.78, 5) is 12.6. The summed E-state index contributed by atoms with van der Waals surface area (Å²) in [5, 5.41) is 0. The van der Waals surface area contributed by atoms with Crippen LogP contribution in [-0.2, 0) is 4.79 Å². The maximum atomic E-state index is 12.6. The molecule has 0 aliphatic rings. The van der Waals surface area contributed by atoms with Gasteiger partial charge in [-0.25, -0.2) is 4.79 Å². The molecule has 0 bridgehead atoms. The molecule has 1 rings (SSSR count). The Morgan fingerprint density at radius 2 is 1.27 bits per heavy atom. The molecule has 0 N–H and O–H groups in total. The monoisotopic (exact) mass is 448 g/mol. The van der Waals surface area contributed by atoms with E-state index in [2.05, 4.69) is 62.5 Å². The predicted octanol–water partition coefficient (Wildman–Crippen LogP) is 9.22. The smallest absolute Gasteiger partial charge is 0.339 e. The Kier molecular flexibility index (Phi) is 15.4. The average molecular weight is 449 g/mol. The van der Waals surface area contributed by atoms with Gasteiger partial charge in [-0.15, -0.1) is 0 Å². The van der Waals surface area contributed by atoms with Crippen LogP contribution in [0.5, 0.6) is 5.75 Å². The second kappa shape index (κ2) is 17.9. The quantitative estimate of drug-likeness (QED) is 0.0878. The van der Waals surface area contributed by atoms with Crippen LogP contribution in [0.25, 0.3) is 0 Å². The first-order chi connectivity index (χ1) is 16.0. The molecular formula is C31H44O2. The molecule has 0 aromatic heterocycles. The molecule has 2 nitrogen and oxygen atoms in total. The Morgan fingerprint density at radius 3 is 1.82 bits per heavy atom. The van der Waals surface area contributed by atoms with E-state index in [4.69, 9.17) is 4.74 Å². The summed E-state index contributed by atoms with van der Waals surface area (Å²) in [6.07, 6.45) is 29.1. The summed E-state index contributed by atoms with van der Waals surface area (Å²) in [5.74, 6) is 0.439. The van der Waals surface area contributed by atoms with Crippen LogP contribution in [0.4, 0.5) is 0 Å². The number of esters is 1. The van der Waals surface area contributed by atoms with Crippen LogP contribution in [0, 0.1) is 20.8 Å². The van der Waals surface area contributed by atoms with Crippen LogP contribution in [0.1, 0.15) is 88.3 Å². The van der Waals surface area contributed by atoms with Crippen molar-refractivity contribution in [3.8, 4) is 5.75 Å². The molecule has 1 aromatic rings. The first kappa shape index (κ1) is 28.4. The number of unbranched alkanes of at least 4 members (excludes halogenated alkanes) is 3. The molecule has 0 saturated heterocycles. The Labute approximate surface area is 202 Å². The topological polar surface area (TPSA) is 26.3 Å². The first-order valence-corrected chi connectivity index (χ1v) is 12.6. The minimum Gasteiger partial charge on any atom is -0.423 e. The lowest BCUT2D eigenvalue weighted by Crippen LogP contribution is -2.12. The van der Waals surface area contributed by atoms with Crippen molar-refractivity contribution < 1.29 is 9.53 Å². The average Bonchev–Trinajstić information content (AvgIpc) is 2.78. The van der Waals surface area contributed by atoms with Gasteiger partial charge in [-0.2, -0.15) is 0 Å². The number of carbonyl (C=O) groups is 1. The summed E-state index contributed by atoms with van der Waals surface area (Å²) in [5.41, 5.74) is 3.90. The van der Waals surface area contributed by atoms with Crippen LogP contribution < -0.4 is 4.74 Å². The van der Waals surface area contributed by atoms with Gasteiger partial charge in [0.15, 0.2) is 0 Å². The van der Waals surface area contributed by atoms with E-state index in [1.165, 1.54) is 31.2 Å². The third kappa shape index (κ3) is 12.9. The van der Waals surface area contributed by atoms with E-state index in [9.17, 15) is 4.79 Å². The highest BCUT2D eigenvalue weighted by Gasteiger charge is 2.13. The summed E-state index contributed by atoms with van der Waals surface area (Å²) < 4.78 is 5.71. The molecule has 0 amide bonds. The maximum Gasteiger partial charge on any atom is 0.339 e. The van der Waals surface area contributed by atoms with Crippen molar-refractivity contribution in [2.45, 2.75) is 92.4 Å². The number of ether oxygens (including phenoxy) is 1. The van der Waals surface area contributed by atoms with Crippen molar-refractivity contribution in [3.63, 3.8) is 0 Å². The minimum atomic E-state index is -0.245. The van der Waals surface area contributed by atoms with Crippen LogP contribution in [0.2, 0.25) is 0 Å². The van der Waals surface area contributed by atoms with Crippen LogP contribution in [0.15, 0.2) is 72.4 Å². The SMILES string of the molecule is CCC=CCCCCC=CCC=CCC=CCC=C(CC)C(=O)Oc1c(C)cc(C)cc1C. The van der Waals surface area contributed by atoms with E-state index in [1.807, 2.05) is 39.0 Å². The fraction of sp³-hybridized carbons (Fsp3) is 0.452. The second-order valence-electron chi connectivity index (χ2n) is 8.49. The maximum absolute atomic E-state index is 12.6. The number of hydrogen-bond acceptors (Lipinski definition) is 2. The molecule has 0 aliphatic carbocycles. The predicted molar refractivity (Wildman–Crippen MR) is 144 cm³/mol. The molecule has 180 valence electrons. The van der Waals surface area contributed by atoms with Gasteiger partial charge in [0.25, 0.3) is 0 Å². The minimum absolute atomic E-state index is 0.245. The normalized spacial score (nSPS) is 12.7. The fourth-order valence-corrected chi connectivity index (χ4v) is 3.63. The lowest BCUT2D eigenvalue weighted by Gasteiger charge is -2.12. The van der Waals surface area contributed by atoms with Crippen LogP contribution in [-0.4, -0.2) is 5.97 Å². The van der Waals surface area contributed by atoms with Crippen LogP contribution in [0.3, 0.4) is 0 Å². The number of benzene rings is 1. The highest BCUT2D eigenvalue weighted by atomic mass is 16.5. The standard InChI is InChI=1S/C31H44O2/c1-6-8-9-10-11-12-13-14-15-16-17-18-19-20-21-22-23-29(7-2)31(32)33-30-27(4)24-26(3)25-28(30)5/h8-9,14-15,17-18,20-21,23-25H,6-7,10-13,16,19,22H2,1-5H3. The molecule has 0 atom stereocenters. The van der Waals surface area contributed by atoms with Crippen LogP contribution >= 0.6 is 0 Å². The van der Waals surface area contributed by atoms with Crippen molar-refractivity contribution in [1.82, 2.24) is 0 Å². The molecule has 0 radical (unpaired) electrons. The summed E-state index contributed by atoms with van der Waals surface area (Å²) >= 11 is 0. The van der Waals surface area contributed by atoms with E-state index in [-0.39, 0.29) is 5.97 Å². The number of allylic oxidation sites excluding steroid dienone is 9. The van der Waals surface area contributed by atoms with Gasteiger partial charge < -0.3 is 4.74 Å². The summed E-state index contributed by atoms with van der Waals surface area (Å²) in [6.45, 7) is 10.2. The number of hydrogen-bond donors (Lipinski definition) is 0. The lowest BCUT2D eigenvalue weighted by molar-refractivity contribution is -0.130. The third-order valence-electron chi connectivity index (χ3n) is 5.38. The highest BCUT2D eigenvalue weighted by molar-refractivity contribution is 5.90. The van der Waals surface area contributed by atoms with Gasteiger partial charge in [-0.3, -0.25) is 0 Å². The molecule has 0 aliphatic heterocycles. The third-order valence-corrected chi connectivity index (χ3v) is 5.38. The van der Waals surface area contributed by atoms with Crippen molar-refractivity contribution in [1.29, 1.82) is 0 Å². The van der Waals surface area contributed by atoms with Crippen molar-refractivity contribution in [3.05, 3.63) is 89.1 Å². The van der Waals surface area contributed by atoms with E-state index in [0.29, 0.717) is 12.2 Å². The van der Waals surface area contributed by atoms with Gasteiger partial charge in [0.2, 0.25) is 0 Å². The van der Waals surface area contributed by atoms with Gasteiger partial charge in [0.05, 0.1) is 0 Å². The zero-order chi connectivity index (χ0) is 24.3. The Hall–Kier alpha value is -2.61. The second-order valence-corrected chi connectivity index (χ2v) is 8.49. The number of rotatable bonds is 15. The molecule has 0 saturated carbocycles. The van der Waals surface area contributed by atoms with Crippen molar-refractivity contribution >= 4 is 5.97 Å². The fourth-order valence-electron chi connectivity index (χ4n) is 3.63. The van der Waals surface area contributed by atoms with Gasteiger partial charge in [0.1, 0.15) is 5.75 Å². The molecule has 0 spiro atoms. The van der Waals surface area contributed by atoms with E-state index < -0.39 is 0 Å². The molecule has 0 fully saturated rings. The van der Waals surface area contributed by atoms with E-state index >= 15 is 0 Å². The Morgan fingerprint density at radius 1 is 0.758 bits per heavy atom. The van der Waals surface area contributed by atoms with Gasteiger partial charge in [-0.1, -0.05) is 86.2 Å². The van der Waals surface area contributed by atoms with E-state index in [1.54, 1.807) is 0 Å². The molecule has 0 heterocycles.